The fourth-order valence-corrected chi connectivity index (χ4v) is 3.86. The first-order valence-corrected chi connectivity index (χ1v) is 11.7. The van der Waals surface area contributed by atoms with Crippen LogP contribution < -0.4 is 10.1 Å². The molecule has 1 N–H and O–H groups in total. The first kappa shape index (κ1) is 24.3. The molecule has 1 amide bonds. The molecule has 3 rings (SSSR count). The first-order chi connectivity index (χ1) is 15.9. The summed E-state index contributed by atoms with van der Waals surface area (Å²) in [5.41, 5.74) is 2.04. The molecule has 0 saturated heterocycles. The van der Waals surface area contributed by atoms with Crippen molar-refractivity contribution in [3.63, 3.8) is 0 Å². The van der Waals surface area contributed by atoms with Crippen LogP contribution >= 0.6 is 11.8 Å². The Kier molecular flexibility index (Phi) is 8.48. The number of hydrogen-bond donors (Lipinski definition) is 1. The normalized spacial score (nSPS) is 10.8. The van der Waals surface area contributed by atoms with Gasteiger partial charge in [0.15, 0.2) is 11.0 Å². The van der Waals surface area contributed by atoms with Gasteiger partial charge in [0.25, 0.3) is 0 Å². The number of hydrogen-bond acceptors (Lipinski definition) is 7. The number of rotatable bonds is 10. The molecule has 0 atom stereocenters. The summed E-state index contributed by atoms with van der Waals surface area (Å²) in [6, 6.07) is 14.5. The van der Waals surface area contributed by atoms with Crippen LogP contribution in [-0.4, -0.2) is 38.5 Å². The van der Waals surface area contributed by atoms with E-state index in [-0.39, 0.29) is 24.4 Å². The lowest BCUT2D eigenvalue weighted by molar-refractivity contribution is -0.113. The molecule has 0 bridgehead atoms. The van der Waals surface area contributed by atoms with Gasteiger partial charge in [-0.3, -0.25) is 4.79 Å². The summed E-state index contributed by atoms with van der Waals surface area (Å²) in [6.45, 7) is 8.52. The average Bonchev–Trinajstić information content (AvgIpc) is 3.18. The Hall–Kier alpha value is -3.33. The summed E-state index contributed by atoms with van der Waals surface area (Å²) in [7, 11) is 0. The van der Waals surface area contributed by atoms with Crippen LogP contribution in [0.2, 0.25) is 0 Å². The van der Waals surface area contributed by atoms with Gasteiger partial charge in [-0.15, -0.1) is 10.2 Å². The number of aromatic nitrogens is 3. The molecule has 33 heavy (non-hydrogen) atoms. The number of amides is 1. The summed E-state index contributed by atoms with van der Waals surface area (Å²) < 4.78 is 13.0. The van der Waals surface area contributed by atoms with Crippen molar-refractivity contribution in [3.05, 3.63) is 65.5 Å². The molecule has 0 radical (unpaired) electrons. The largest absolute Gasteiger partial charge is 0.486 e. The molecule has 0 spiro atoms. The molecule has 0 aliphatic rings. The number of nitrogens with zero attached hydrogens (tertiary/aromatic N) is 3. The average molecular weight is 469 g/mol. The number of carbonyl (C=O) groups is 2. The van der Waals surface area contributed by atoms with Crippen molar-refractivity contribution in [2.75, 3.05) is 11.1 Å². The number of esters is 1. The number of nitrogens with one attached hydrogen (secondary N) is 1. The highest BCUT2D eigenvalue weighted by Crippen LogP contribution is 2.20. The zero-order valence-corrected chi connectivity index (χ0v) is 20.0. The predicted molar refractivity (Wildman–Crippen MR) is 128 cm³/mol. The second-order valence-corrected chi connectivity index (χ2v) is 8.56. The Bertz CT molecular complexity index is 1110. The number of benzene rings is 2. The molecule has 3 aromatic rings. The van der Waals surface area contributed by atoms with E-state index in [1.165, 1.54) is 11.8 Å². The standard InChI is InChI=1S/C24H28N4O4S/c1-5-28-21(14-31-20-11-6-8-17(4)12-20)26-27-24(28)33-15-22(29)25-19-10-7-9-18(13-19)23(30)32-16(2)3/h6-13,16H,5,14-15H2,1-4H3,(H,25,29). The lowest BCUT2D eigenvalue weighted by atomic mass is 10.2. The van der Waals surface area contributed by atoms with Gasteiger partial charge in [0.2, 0.25) is 5.91 Å². The van der Waals surface area contributed by atoms with E-state index in [4.69, 9.17) is 9.47 Å². The third-order valence-corrected chi connectivity index (χ3v) is 5.49. The highest BCUT2D eigenvalue weighted by atomic mass is 32.2. The van der Waals surface area contributed by atoms with E-state index in [2.05, 4.69) is 15.5 Å². The minimum atomic E-state index is -0.424. The maximum absolute atomic E-state index is 12.5. The van der Waals surface area contributed by atoms with Crippen molar-refractivity contribution in [2.45, 2.75) is 52.1 Å². The summed E-state index contributed by atoms with van der Waals surface area (Å²) in [4.78, 5) is 24.5. The Morgan fingerprint density at radius 1 is 1.12 bits per heavy atom. The van der Waals surface area contributed by atoms with Gasteiger partial charge in [-0.1, -0.05) is 30.0 Å². The SMILES string of the molecule is CCn1c(COc2cccc(C)c2)nnc1SCC(=O)Nc1cccc(C(=O)OC(C)C)c1. The molecule has 0 fully saturated rings. The van der Waals surface area contributed by atoms with Crippen LogP contribution in [0.5, 0.6) is 5.75 Å². The monoisotopic (exact) mass is 468 g/mol. The summed E-state index contributed by atoms with van der Waals surface area (Å²) in [6.07, 6.45) is -0.213. The van der Waals surface area contributed by atoms with E-state index < -0.39 is 5.97 Å². The molecule has 0 aliphatic carbocycles. The molecule has 0 aliphatic heterocycles. The van der Waals surface area contributed by atoms with Crippen LogP contribution in [0, 0.1) is 6.92 Å². The van der Waals surface area contributed by atoms with E-state index in [1.807, 2.05) is 42.7 Å². The summed E-state index contributed by atoms with van der Waals surface area (Å²) in [5, 5.41) is 11.9. The highest BCUT2D eigenvalue weighted by Gasteiger charge is 2.15. The Morgan fingerprint density at radius 2 is 1.91 bits per heavy atom. The molecule has 174 valence electrons. The lowest BCUT2D eigenvalue weighted by Gasteiger charge is -2.10. The number of thioether (sulfide) groups is 1. The molecule has 1 aromatic heterocycles. The maximum atomic E-state index is 12.5. The number of carbonyl (C=O) groups excluding carboxylic acids is 2. The van der Waals surface area contributed by atoms with Crippen LogP contribution in [0.25, 0.3) is 0 Å². The molecule has 2 aromatic carbocycles. The van der Waals surface area contributed by atoms with Crippen molar-refractivity contribution in [1.82, 2.24) is 14.8 Å². The van der Waals surface area contributed by atoms with Crippen LogP contribution in [0.4, 0.5) is 5.69 Å². The van der Waals surface area contributed by atoms with E-state index in [9.17, 15) is 9.59 Å². The first-order valence-electron chi connectivity index (χ1n) is 10.7. The van der Waals surface area contributed by atoms with Gasteiger partial charge < -0.3 is 19.4 Å². The van der Waals surface area contributed by atoms with Gasteiger partial charge >= 0.3 is 5.97 Å². The van der Waals surface area contributed by atoms with Gasteiger partial charge in [0.05, 0.1) is 17.4 Å². The van der Waals surface area contributed by atoms with Gasteiger partial charge in [-0.2, -0.15) is 0 Å². The summed E-state index contributed by atoms with van der Waals surface area (Å²) in [5.74, 6) is 0.980. The number of anilines is 1. The molecule has 1 heterocycles. The van der Waals surface area contributed by atoms with Gasteiger partial charge in [-0.25, -0.2) is 4.79 Å². The molecule has 0 unspecified atom stereocenters. The van der Waals surface area contributed by atoms with Gasteiger partial charge in [0.1, 0.15) is 12.4 Å². The van der Waals surface area contributed by atoms with E-state index >= 15 is 0 Å². The molecule has 0 saturated carbocycles. The molecular formula is C24H28N4O4S. The van der Waals surface area contributed by atoms with E-state index in [0.29, 0.717) is 28.8 Å². The predicted octanol–water partition coefficient (Wildman–Crippen LogP) is 4.48. The minimum Gasteiger partial charge on any atom is -0.486 e. The van der Waals surface area contributed by atoms with Crippen molar-refractivity contribution < 1.29 is 19.1 Å². The minimum absolute atomic E-state index is 0.150. The van der Waals surface area contributed by atoms with Crippen molar-refractivity contribution in [2.24, 2.45) is 0 Å². The zero-order chi connectivity index (χ0) is 23.8. The third-order valence-electron chi connectivity index (χ3n) is 4.52. The third kappa shape index (κ3) is 7.08. The number of ether oxygens (including phenoxy) is 2. The molecule has 9 heteroatoms. The topological polar surface area (TPSA) is 95.3 Å². The van der Waals surface area contributed by atoms with Crippen molar-refractivity contribution in [3.8, 4) is 5.75 Å². The van der Waals surface area contributed by atoms with Crippen LogP contribution in [0.3, 0.4) is 0 Å². The zero-order valence-electron chi connectivity index (χ0n) is 19.2. The lowest BCUT2D eigenvalue weighted by Crippen LogP contribution is -2.16. The Labute approximate surface area is 197 Å². The second-order valence-electron chi connectivity index (χ2n) is 7.62. The molecule has 8 nitrogen and oxygen atoms in total. The highest BCUT2D eigenvalue weighted by molar-refractivity contribution is 7.99. The van der Waals surface area contributed by atoms with Crippen molar-refractivity contribution in [1.29, 1.82) is 0 Å². The van der Waals surface area contributed by atoms with E-state index in [0.717, 1.165) is 11.3 Å². The fourth-order valence-electron chi connectivity index (χ4n) is 3.04. The van der Waals surface area contributed by atoms with Crippen LogP contribution in [0.15, 0.2) is 53.7 Å². The molecular weight excluding hydrogens is 440 g/mol. The number of aryl methyl sites for hydroxylation is 1. The van der Waals surface area contributed by atoms with Crippen LogP contribution in [-0.2, 0) is 22.7 Å². The van der Waals surface area contributed by atoms with E-state index in [1.54, 1.807) is 38.1 Å². The second kappa shape index (κ2) is 11.5. The summed E-state index contributed by atoms with van der Waals surface area (Å²) >= 11 is 1.29. The van der Waals surface area contributed by atoms with Gasteiger partial charge in [-0.05, 0) is 63.6 Å². The maximum Gasteiger partial charge on any atom is 0.338 e. The smallest absolute Gasteiger partial charge is 0.338 e. The Balaban J connectivity index is 1.56. The quantitative estimate of drug-likeness (QED) is 0.346. The van der Waals surface area contributed by atoms with Crippen LogP contribution in [0.1, 0.15) is 42.5 Å². The fraction of sp³-hybridized carbons (Fsp3) is 0.333. The Morgan fingerprint density at radius 3 is 2.64 bits per heavy atom. The van der Waals surface area contributed by atoms with Crippen molar-refractivity contribution >= 4 is 29.3 Å². The van der Waals surface area contributed by atoms with Gasteiger partial charge in [0, 0.05) is 12.2 Å².